The number of amides is 1. The lowest BCUT2D eigenvalue weighted by Gasteiger charge is -2.30. The van der Waals surface area contributed by atoms with Gasteiger partial charge in [0.1, 0.15) is 11.3 Å². The van der Waals surface area contributed by atoms with Crippen molar-refractivity contribution in [2.24, 2.45) is 5.92 Å². The first-order valence-electron chi connectivity index (χ1n) is 8.40. The van der Waals surface area contributed by atoms with Gasteiger partial charge in [0.25, 0.3) is 0 Å². The lowest BCUT2D eigenvalue weighted by molar-refractivity contribution is -0.124. The van der Waals surface area contributed by atoms with Gasteiger partial charge in [-0.25, -0.2) is 4.98 Å². The average Bonchev–Trinajstić information content (AvgIpc) is 3.02. The van der Waals surface area contributed by atoms with Crippen LogP contribution in [0.1, 0.15) is 24.8 Å². The zero-order valence-electron chi connectivity index (χ0n) is 14.0. The Bertz CT molecular complexity index is 890. The van der Waals surface area contributed by atoms with Crippen LogP contribution in [0.2, 0.25) is 0 Å². The summed E-state index contributed by atoms with van der Waals surface area (Å²) in [6.45, 7) is 0.491. The number of thiazole rings is 1. The van der Waals surface area contributed by atoms with Crippen LogP contribution in [0.3, 0.4) is 0 Å². The highest BCUT2D eigenvalue weighted by molar-refractivity contribution is 7.22. The van der Waals surface area contributed by atoms with Crippen LogP contribution in [0, 0.1) is 5.92 Å². The molecule has 4 rings (SSSR count). The van der Waals surface area contributed by atoms with E-state index in [1.165, 1.54) is 11.3 Å². The Morgan fingerprint density at radius 2 is 2.20 bits per heavy atom. The smallest absolute Gasteiger partial charge is 0.232 e. The number of fused-ring (bicyclic) bond motifs is 1. The number of hydrogen-bond acceptors (Lipinski definition) is 5. The number of aromatic nitrogens is 2. The number of para-hydroxylation sites is 1. The average molecular weight is 353 g/mol. The van der Waals surface area contributed by atoms with Crippen LogP contribution in [0.4, 0.5) is 5.13 Å². The number of carbonyl (C=O) groups is 1. The van der Waals surface area contributed by atoms with Crippen LogP contribution in [0.25, 0.3) is 10.2 Å². The summed E-state index contributed by atoms with van der Waals surface area (Å²) in [6.07, 6.45) is 6.61. The molecule has 0 aliphatic heterocycles. The molecule has 128 valence electrons. The van der Waals surface area contributed by atoms with Crippen LogP contribution in [0.5, 0.6) is 5.75 Å². The first-order chi connectivity index (χ1) is 12.3. The molecule has 0 atom stereocenters. The minimum atomic E-state index is 0.116. The largest absolute Gasteiger partial charge is 0.494 e. The maximum Gasteiger partial charge on any atom is 0.232 e. The van der Waals surface area contributed by atoms with E-state index >= 15 is 0 Å². The molecule has 0 saturated heterocycles. The molecule has 1 fully saturated rings. The lowest BCUT2D eigenvalue weighted by Crippen LogP contribution is -2.38. The fourth-order valence-electron chi connectivity index (χ4n) is 2.98. The van der Waals surface area contributed by atoms with Crippen molar-refractivity contribution in [1.29, 1.82) is 0 Å². The van der Waals surface area contributed by atoms with Crippen molar-refractivity contribution in [3.05, 3.63) is 48.3 Å². The number of carbonyl (C=O) groups excluding carboxylic acids is 1. The number of pyridine rings is 1. The lowest BCUT2D eigenvalue weighted by atomic mass is 9.84. The van der Waals surface area contributed by atoms with Gasteiger partial charge in [-0.05, 0) is 36.6 Å². The molecular weight excluding hydrogens is 334 g/mol. The molecule has 1 amide bonds. The molecule has 1 aromatic carbocycles. The third kappa shape index (κ3) is 3.09. The van der Waals surface area contributed by atoms with E-state index in [0.29, 0.717) is 6.54 Å². The highest BCUT2D eigenvalue weighted by Crippen LogP contribution is 2.37. The van der Waals surface area contributed by atoms with Gasteiger partial charge in [0.2, 0.25) is 5.91 Å². The van der Waals surface area contributed by atoms with Gasteiger partial charge in [-0.2, -0.15) is 0 Å². The van der Waals surface area contributed by atoms with E-state index < -0.39 is 0 Å². The monoisotopic (exact) mass is 353 g/mol. The van der Waals surface area contributed by atoms with E-state index in [-0.39, 0.29) is 11.8 Å². The van der Waals surface area contributed by atoms with Gasteiger partial charge in [0, 0.05) is 18.3 Å². The maximum atomic E-state index is 13.0. The second-order valence-corrected chi connectivity index (χ2v) is 7.23. The highest BCUT2D eigenvalue weighted by atomic mass is 32.1. The summed E-state index contributed by atoms with van der Waals surface area (Å²) >= 11 is 1.53. The van der Waals surface area contributed by atoms with Gasteiger partial charge in [-0.1, -0.05) is 29.9 Å². The van der Waals surface area contributed by atoms with Gasteiger partial charge in [-0.15, -0.1) is 0 Å². The Labute approximate surface area is 150 Å². The summed E-state index contributed by atoms with van der Waals surface area (Å²) in [4.78, 5) is 23.7. The second-order valence-electron chi connectivity index (χ2n) is 6.22. The number of rotatable bonds is 5. The molecule has 0 spiro atoms. The van der Waals surface area contributed by atoms with E-state index in [4.69, 9.17) is 9.72 Å². The molecule has 0 radical (unpaired) electrons. The van der Waals surface area contributed by atoms with Gasteiger partial charge < -0.3 is 4.74 Å². The Kier molecular flexibility index (Phi) is 4.36. The molecule has 3 aromatic rings. The van der Waals surface area contributed by atoms with Crippen molar-refractivity contribution in [3.63, 3.8) is 0 Å². The van der Waals surface area contributed by atoms with Crippen molar-refractivity contribution in [3.8, 4) is 5.75 Å². The molecule has 2 aromatic heterocycles. The number of methoxy groups -OCH3 is 1. The van der Waals surface area contributed by atoms with E-state index in [1.54, 1.807) is 19.5 Å². The van der Waals surface area contributed by atoms with Crippen LogP contribution in [-0.4, -0.2) is 23.0 Å². The maximum absolute atomic E-state index is 13.0. The first-order valence-corrected chi connectivity index (χ1v) is 9.22. The molecule has 0 unspecified atom stereocenters. The van der Waals surface area contributed by atoms with E-state index in [1.807, 2.05) is 35.2 Å². The Morgan fingerprint density at radius 1 is 1.32 bits per heavy atom. The fourth-order valence-corrected chi connectivity index (χ4v) is 3.97. The molecule has 0 N–H and O–H groups in total. The van der Waals surface area contributed by atoms with Gasteiger partial charge in [0.15, 0.2) is 5.13 Å². The zero-order chi connectivity index (χ0) is 17.2. The second kappa shape index (κ2) is 6.80. The summed E-state index contributed by atoms with van der Waals surface area (Å²) in [5.74, 6) is 1.01. The van der Waals surface area contributed by atoms with Crippen molar-refractivity contribution in [1.82, 2.24) is 9.97 Å². The summed E-state index contributed by atoms with van der Waals surface area (Å²) in [6, 6.07) is 9.73. The third-order valence-electron chi connectivity index (χ3n) is 4.61. The van der Waals surface area contributed by atoms with Gasteiger partial charge in [0.05, 0.1) is 18.4 Å². The first kappa shape index (κ1) is 16.0. The predicted octanol–water partition coefficient (Wildman–Crippen LogP) is 4.03. The Hall–Kier alpha value is -2.47. The van der Waals surface area contributed by atoms with Gasteiger partial charge in [-0.3, -0.25) is 14.7 Å². The number of nitrogens with zero attached hydrogens (tertiary/aromatic N) is 3. The summed E-state index contributed by atoms with van der Waals surface area (Å²) in [5.41, 5.74) is 1.81. The highest BCUT2D eigenvalue weighted by Gasteiger charge is 2.32. The van der Waals surface area contributed by atoms with Crippen molar-refractivity contribution in [2.75, 3.05) is 12.0 Å². The molecule has 2 heterocycles. The Balaban J connectivity index is 1.73. The third-order valence-corrected chi connectivity index (χ3v) is 5.65. The van der Waals surface area contributed by atoms with Gasteiger partial charge >= 0.3 is 0 Å². The summed E-state index contributed by atoms with van der Waals surface area (Å²) in [5, 5.41) is 0.722. The zero-order valence-corrected chi connectivity index (χ0v) is 14.8. The predicted molar refractivity (Wildman–Crippen MR) is 98.9 cm³/mol. The number of benzene rings is 1. The SMILES string of the molecule is COc1cccc2sc(N(Cc3cccnc3)C(=O)C3CCC3)nc12. The van der Waals surface area contributed by atoms with Crippen LogP contribution in [-0.2, 0) is 11.3 Å². The van der Waals surface area contributed by atoms with E-state index in [0.717, 1.165) is 45.9 Å². The molecule has 1 aliphatic rings. The van der Waals surface area contributed by atoms with Crippen molar-refractivity contribution in [2.45, 2.75) is 25.8 Å². The van der Waals surface area contributed by atoms with Crippen molar-refractivity contribution >= 4 is 32.6 Å². The number of ether oxygens (including phenoxy) is 1. The van der Waals surface area contributed by atoms with Crippen molar-refractivity contribution < 1.29 is 9.53 Å². The molecular formula is C19H19N3O2S. The summed E-state index contributed by atoms with van der Waals surface area (Å²) in [7, 11) is 1.64. The number of anilines is 1. The standard InChI is InChI=1S/C19H19N3O2S/c1-24-15-8-3-9-16-17(15)21-19(25-16)22(18(23)14-6-2-7-14)12-13-5-4-10-20-11-13/h3-5,8-11,14H,2,6-7,12H2,1H3. The quantitative estimate of drug-likeness (QED) is 0.695. The fraction of sp³-hybridized carbons (Fsp3) is 0.316. The van der Waals surface area contributed by atoms with Crippen LogP contribution < -0.4 is 9.64 Å². The normalized spacial score (nSPS) is 14.3. The van der Waals surface area contributed by atoms with Crippen LogP contribution >= 0.6 is 11.3 Å². The minimum absolute atomic E-state index is 0.116. The molecule has 6 heteroatoms. The minimum Gasteiger partial charge on any atom is -0.494 e. The molecule has 1 saturated carbocycles. The van der Waals surface area contributed by atoms with Crippen LogP contribution in [0.15, 0.2) is 42.7 Å². The molecule has 25 heavy (non-hydrogen) atoms. The topological polar surface area (TPSA) is 55.3 Å². The Morgan fingerprint density at radius 3 is 2.88 bits per heavy atom. The molecule has 1 aliphatic carbocycles. The van der Waals surface area contributed by atoms with E-state index in [2.05, 4.69) is 4.98 Å². The van der Waals surface area contributed by atoms with E-state index in [9.17, 15) is 4.79 Å². The molecule has 0 bridgehead atoms. The number of hydrogen-bond donors (Lipinski definition) is 0. The molecule has 5 nitrogen and oxygen atoms in total. The summed E-state index contributed by atoms with van der Waals surface area (Å²) < 4.78 is 6.43.